The average molecular weight is 382 g/mol. The van der Waals surface area contributed by atoms with Gasteiger partial charge < -0.3 is 9.47 Å². The first-order valence-corrected chi connectivity index (χ1v) is 9.31. The number of ether oxygens (including phenoxy) is 2. The van der Waals surface area contributed by atoms with Crippen molar-refractivity contribution < 1.29 is 14.3 Å². The minimum atomic E-state index is -0.594. The molecule has 0 aliphatic rings. The lowest BCUT2D eigenvalue weighted by atomic mass is 10.2. The van der Waals surface area contributed by atoms with Crippen molar-refractivity contribution in [2.45, 2.75) is 11.8 Å². The first-order chi connectivity index (χ1) is 13.2. The number of pyridine rings is 1. The van der Waals surface area contributed by atoms with Gasteiger partial charge in [0.2, 0.25) is 5.88 Å². The molecule has 27 heavy (non-hydrogen) atoms. The predicted molar refractivity (Wildman–Crippen MR) is 104 cm³/mol. The summed E-state index contributed by atoms with van der Waals surface area (Å²) in [5, 5.41) is 3.33. The standard InChI is InChI=1S/C19H18N4O3S/c1-25-17-16(23-19(24)26-12-13-6-4-3-5-7-13)10-14(11-21-17)15-8-9-20-18(22-15)27-2/h3-11H,12H2,1-2H3,(H,23,24). The Hall–Kier alpha value is -3.13. The number of amides is 1. The maximum Gasteiger partial charge on any atom is 0.412 e. The van der Waals surface area contributed by atoms with Gasteiger partial charge in [0.1, 0.15) is 12.3 Å². The van der Waals surface area contributed by atoms with Crippen LogP contribution in [0.3, 0.4) is 0 Å². The number of nitrogens with one attached hydrogen (secondary N) is 1. The lowest BCUT2D eigenvalue weighted by Gasteiger charge is -2.11. The highest BCUT2D eigenvalue weighted by molar-refractivity contribution is 7.98. The van der Waals surface area contributed by atoms with E-state index in [2.05, 4.69) is 20.3 Å². The van der Waals surface area contributed by atoms with E-state index in [9.17, 15) is 4.79 Å². The Kier molecular flexibility index (Phi) is 6.22. The van der Waals surface area contributed by atoms with Crippen LogP contribution in [0.15, 0.2) is 60.0 Å². The molecule has 3 aromatic rings. The lowest BCUT2D eigenvalue weighted by Crippen LogP contribution is -2.14. The van der Waals surface area contributed by atoms with Crippen LogP contribution in [0, 0.1) is 0 Å². The van der Waals surface area contributed by atoms with Gasteiger partial charge >= 0.3 is 6.09 Å². The first-order valence-electron chi connectivity index (χ1n) is 8.08. The van der Waals surface area contributed by atoms with Crippen molar-refractivity contribution in [2.24, 2.45) is 0 Å². The van der Waals surface area contributed by atoms with E-state index in [1.165, 1.54) is 18.9 Å². The topological polar surface area (TPSA) is 86.2 Å². The number of methoxy groups -OCH3 is 1. The monoisotopic (exact) mass is 382 g/mol. The summed E-state index contributed by atoms with van der Waals surface area (Å²) in [4.78, 5) is 25.0. The number of nitrogens with zero attached hydrogens (tertiary/aromatic N) is 3. The summed E-state index contributed by atoms with van der Waals surface area (Å²) in [7, 11) is 1.49. The fraction of sp³-hybridized carbons (Fsp3) is 0.158. The fourth-order valence-corrected chi connectivity index (χ4v) is 2.67. The Morgan fingerprint density at radius 2 is 2.00 bits per heavy atom. The first kappa shape index (κ1) is 18.7. The van der Waals surface area contributed by atoms with Crippen molar-refractivity contribution in [1.82, 2.24) is 15.0 Å². The molecule has 0 saturated carbocycles. The number of aromatic nitrogens is 3. The quantitative estimate of drug-likeness (QED) is 0.509. The molecule has 1 N–H and O–H groups in total. The van der Waals surface area contributed by atoms with Gasteiger partial charge in [0.05, 0.1) is 12.8 Å². The molecule has 0 saturated heterocycles. The Balaban J connectivity index is 1.76. The average Bonchev–Trinajstić information content (AvgIpc) is 2.73. The van der Waals surface area contributed by atoms with Crippen LogP contribution >= 0.6 is 11.8 Å². The molecule has 0 radical (unpaired) electrons. The SMILES string of the molecule is COc1ncc(-c2ccnc(SC)n2)cc1NC(=O)OCc1ccccc1. The number of benzene rings is 1. The van der Waals surface area contributed by atoms with Crippen molar-refractivity contribution in [2.75, 3.05) is 18.7 Å². The number of rotatable bonds is 6. The second-order valence-electron chi connectivity index (χ2n) is 5.40. The van der Waals surface area contributed by atoms with Crippen LogP contribution in [-0.2, 0) is 11.3 Å². The molecule has 1 amide bonds. The van der Waals surface area contributed by atoms with Crippen LogP contribution in [0.25, 0.3) is 11.3 Å². The van der Waals surface area contributed by atoms with Crippen molar-refractivity contribution >= 4 is 23.5 Å². The van der Waals surface area contributed by atoms with Crippen LogP contribution in [0.4, 0.5) is 10.5 Å². The van der Waals surface area contributed by atoms with Crippen molar-refractivity contribution in [3.8, 4) is 17.1 Å². The molecule has 0 aliphatic carbocycles. The van der Waals surface area contributed by atoms with E-state index in [1.54, 1.807) is 24.5 Å². The Morgan fingerprint density at radius 3 is 2.74 bits per heavy atom. The van der Waals surface area contributed by atoms with Crippen LogP contribution < -0.4 is 10.1 Å². The maximum absolute atomic E-state index is 12.2. The zero-order valence-electron chi connectivity index (χ0n) is 14.9. The van der Waals surface area contributed by atoms with E-state index in [0.717, 1.165) is 11.1 Å². The van der Waals surface area contributed by atoms with Crippen LogP contribution in [0.1, 0.15) is 5.56 Å². The molecule has 8 heteroatoms. The van der Waals surface area contributed by atoms with Gasteiger partial charge in [0.15, 0.2) is 5.16 Å². The third-order valence-corrected chi connectivity index (χ3v) is 4.17. The number of carbonyl (C=O) groups is 1. The zero-order valence-corrected chi connectivity index (χ0v) is 15.7. The number of carbonyl (C=O) groups excluding carboxylic acids is 1. The Bertz CT molecular complexity index is 922. The summed E-state index contributed by atoms with van der Waals surface area (Å²) in [6.07, 6.45) is 4.62. The van der Waals surface area contributed by atoms with Gasteiger partial charge in [-0.1, -0.05) is 42.1 Å². The smallest absolute Gasteiger partial charge is 0.412 e. The summed E-state index contributed by atoms with van der Waals surface area (Å²) >= 11 is 1.45. The molecule has 0 fully saturated rings. The summed E-state index contributed by atoms with van der Waals surface area (Å²) in [6, 6.07) is 13.0. The minimum Gasteiger partial charge on any atom is -0.480 e. The highest BCUT2D eigenvalue weighted by Crippen LogP contribution is 2.28. The molecule has 0 atom stereocenters. The Labute approximate surface area is 161 Å². The van der Waals surface area contributed by atoms with E-state index in [4.69, 9.17) is 9.47 Å². The summed E-state index contributed by atoms with van der Waals surface area (Å²) in [6.45, 7) is 0.172. The molecule has 7 nitrogen and oxygen atoms in total. The maximum atomic E-state index is 12.2. The lowest BCUT2D eigenvalue weighted by molar-refractivity contribution is 0.155. The molecule has 2 heterocycles. The molecule has 3 rings (SSSR count). The molecule has 2 aromatic heterocycles. The predicted octanol–water partition coefficient (Wildman–Crippen LogP) is 4.02. The number of hydrogen-bond acceptors (Lipinski definition) is 7. The van der Waals surface area contributed by atoms with Crippen LogP contribution in [-0.4, -0.2) is 34.4 Å². The fourth-order valence-electron chi connectivity index (χ4n) is 2.31. The highest BCUT2D eigenvalue weighted by atomic mass is 32.2. The number of thioether (sulfide) groups is 1. The minimum absolute atomic E-state index is 0.172. The second kappa shape index (κ2) is 9.00. The van der Waals surface area contributed by atoms with Crippen LogP contribution in [0.5, 0.6) is 5.88 Å². The highest BCUT2D eigenvalue weighted by Gasteiger charge is 2.13. The van der Waals surface area contributed by atoms with E-state index in [0.29, 0.717) is 16.5 Å². The molecular weight excluding hydrogens is 364 g/mol. The largest absolute Gasteiger partial charge is 0.480 e. The van der Waals surface area contributed by atoms with Crippen molar-refractivity contribution in [3.05, 3.63) is 60.4 Å². The third-order valence-electron chi connectivity index (χ3n) is 3.61. The molecular formula is C19H18N4O3S. The van der Waals surface area contributed by atoms with E-state index in [-0.39, 0.29) is 12.5 Å². The van der Waals surface area contributed by atoms with Gasteiger partial charge in [-0.15, -0.1) is 0 Å². The van der Waals surface area contributed by atoms with E-state index < -0.39 is 6.09 Å². The van der Waals surface area contributed by atoms with Gasteiger partial charge in [-0.25, -0.2) is 19.7 Å². The van der Waals surface area contributed by atoms with Gasteiger partial charge in [0, 0.05) is 18.0 Å². The van der Waals surface area contributed by atoms with Gasteiger partial charge in [-0.2, -0.15) is 0 Å². The molecule has 0 bridgehead atoms. The molecule has 0 unspecified atom stereocenters. The normalized spacial score (nSPS) is 10.3. The number of hydrogen-bond donors (Lipinski definition) is 1. The molecule has 138 valence electrons. The van der Waals surface area contributed by atoms with Crippen molar-refractivity contribution in [3.63, 3.8) is 0 Å². The van der Waals surface area contributed by atoms with Crippen LogP contribution in [0.2, 0.25) is 0 Å². The van der Waals surface area contributed by atoms with Gasteiger partial charge in [0.25, 0.3) is 0 Å². The van der Waals surface area contributed by atoms with E-state index in [1.807, 2.05) is 36.6 Å². The molecule has 0 aliphatic heterocycles. The van der Waals surface area contributed by atoms with Gasteiger partial charge in [-0.3, -0.25) is 5.32 Å². The molecule has 0 spiro atoms. The molecule has 1 aromatic carbocycles. The Morgan fingerprint density at radius 1 is 1.19 bits per heavy atom. The zero-order chi connectivity index (χ0) is 19.1. The summed E-state index contributed by atoms with van der Waals surface area (Å²) < 4.78 is 10.5. The van der Waals surface area contributed by atoms with E-state index >= 15 is 0 Å². The van der Waals surface area contributed by atoms with Crippen molar-refractivity contribution in [1.29, 1.82) is 0 Å². The number of anilines is 1. The second-order valence-corrected chi connectivity index (χ2v) is 6.17. The summed E-state index contributed by atoms with van der Waals surface area (Å²) in [5.41, 5.74) is 2.73. The van der Waals surface area contributed by atoms with Gasteiger partial charge in [-0.05, 0) is 24.0 Å². The summed E-state index contributed by atoms with van der Waals surface area (Å²) in [5.74, 6) is 0.287. The third kappa shape index (κ3) is 4.95.